The van der Waals surface area contributed by atoms with Crippen LogP contribution in [0.3, 0.4) is 0 Å². The molecule has 2 aromatic heterocycles. The highest BCUT2D eigenvalue weighted by Gasteiger charge is 2.12. The van der Waals surface area contributed by atoms with Gasteiger partial charge in [-0.2, -0.15) is 5.10 Å². The van der Waals surface area contributed by atoms with Crippen molar-refractivity contribution in [3.05, 3.63) is 63.0 Å². The van der Waals surface area contributed by atoms with Crippen molar-refractivity contribution in [3.8, 4) is 5.69 Å². The molecule has 21 heavy (non-hydrogen) atoms. The van der Waals surface area contributed by atoms with Gasteiger partial charge in [-0.1, -0.05) is 12.1 Å². The van der Waals surface area contributed by atoms with E-state index in [2.05, 4.69) is 26.3 Å². The van der Waals surface area contributed by atoms with Crippen molar-refractivity contribution in [1.82, 2.24) is 9.78 Å². The lowest BCUT2D eigenvalue weighted by Crippen LogP contribution is -2.10. The third-order valence-corrected chi connectivity index (χ3v) is 4.69. The summed E-state index contributed by atoms with van der Waals surface area (Å²) in [5, 5.41) is 9.06. The number of rotatable bonds is 3. The quantitative estimate of drug-likeness (QED) is 0.757. The minimum absolute atomic E-state index is 0.103. The van der Waals surface area contributed by atoms with E-state index in [0.29, 0.717) is 5.69 Å². The van der Waals surface area contributed by atoms with Crippen LogP contribution in [0.1, 0.15) is 15.2 Å². The zero-order valence-electron chi connectivity index (χ0n) is 11.2. The molecule has 0 bridgehead atoms. The lowest BCUT2D eigenvalue weighted by atomic mass is 10.3. The number of aryl methyl sites for hydroxylation is 1. The van der Waals surface area contributed by atoms with E-state index in [1.54, 1.807) is 17.1 Å². The van der Waals surface area contributed by atoms with Gasteiger partial charge in [-0.05, 0) is 52.0 Å². The maximum Gasteiger partial charge on any atom is 0.266 e. The molecule has 4 nitrogen and oxygen atoms in total. The smallest absolute Gasteiger partial charge is 0.266 e. The number of halogens is 1. The molecule has 3 aromatic rings. The molecule has 1 aromatic carbocycles. The van der Waals surface area contributed by atoms with Gasteiger partial charge in [-0.25, -0.2) is 4.68 Å². The Hall–Kier alpha value is -1.92. The van der Waals surface area contributed by atoms with Gasteiger partial charge in [0.25, 0.3) is 5.91 Å². The van der Waals surface area contributed by atoms with Crippen LogP contribution in [0.2, 0.25) is 0 Å². The van der Waals surface area contributed by atoms with Crippen molar-refractivity contribution in [1.29, 1.82) is 0 Å². The molecule has 1 N–H and O–H groups in total. The molecule has 3 rings (SSSR count). The van der Waals surface area contributed by atoms with Crippen molar-refractivity contribution in [2.75, 3.05) is 5.32 Å². The topological polar surface area (TPSA) is 46.9 Å². The van der Waals surface area contributed by atoms with Crippen molar-refractivity contribution >= 4 is 38.9 Å². The third-order valence-electron chi connectivity index (χ3n) is 3.01. The van der Waals surface area contributed by atoms with E-state index >= 15 is 0 Å². The Kier molecular flexibility index (Phi) is 3.90. The molecular formula is C15H12BrN3OS. The number of para-hydroxylation sites is 1. The number of carbonyl (C=O) groups excluding carboxylic acids is 1. The summed E-state index contributed by atoms with van der Waals surface area (Å²) in [6.45, 7) is 1.93. The molecule has 6 heteroatoms. The van der Waals surface area contributed by atoms with Gasteiger partial charge < -0.3 is 5.32 Å². The van der Waals surface area contributed by atoms with Crippen molar-refractivity contribution in [3.63, 3.8) is 0 Å². The molecule has 0 aliphatic carbocycles. The molecule has 1 amide bonds. The molecular weight excluding hydrogens is 350 g/mol. The number of anilines is 1. The van der Waals surface area contributed by atoms with Crippen molar-refractivity contribution in [2.24, 2.45) is 0 Å². The summed E-state index contributed by atoms with van der Waals surface area (Å²) in [6.07, 6.45) is 3.43. The van der Waals surface area contributed by atoms with Crippen LogP contribution in [0.15, 0.2) is 52.6 Å². The number of amides is 1. The number of hydrogen-bond donors (Lipinski definition) is 1. The van der Waals surface area contributed by atoms with Gasteiger partial charge in [-0.15, -0.1) is 11.3 Å². The zero-order chi connectivity index (χ0) is 14.8. The number of benzene rings is 1. The molecule has 0 aliphatic rings. The summed E-state index contributed by atoms with van der Waals surface area (Å²) in [5.74, 6) is -0.103. The van der Waals surface area contributed by atoms with Gasteiger partial charge in [0.2, 0.25) is 0 Å². The van der Waals surface area contributed by atoms with E-state index in [4.69, 9.17) is 0 Å². The molecule has 0 atom stereocenters. The van der Waals surface area contributed by atoms with E-state index in [9.17, 15) is 4.79 Å². The van der Waals surface area contributed by atoms with Crippen LogP contribution < -0.4 is 5.32 Å². The molecule has 0 aliphatic heterocycles. The van der Waals surface area contributed by atoms with E-state index in [0.717, 1.165) is 20.6 Å². The highest BCUT2D eigenvalue weighted by Crippen LogP contribution is 2.22. The summed E-state index contributed by atoms with van der Waals surface area (Å²) in [4.78, 5) is 12.9. The number of hydrogen-bond acceptors (Lipinski definition) is 3. The van der Waals surface area contributed by atoms with Crippen LogP contribution >= 0.6 is 27.3 Å². The Labute approximate surface area is 134 Å². The molecule has 0 spiro atoms. The first-order valence-corrected chi connectivity index (χ1v) is 7.97. The second-order valence-corrected chi connectivity index (χ2v) is 6.28. The second kappa shape index (κ2) is 5.83. The maximum absolute atomic E-state index is 12.2. The molecule has 0 saturated heterocycles. The largest absolute Gasteiger partial charge is 0.319 e. The monoisotopic (exact) mass is 361 g/mol. The highest BCUT2D eigenvalue weighted by atomic mass is 79.9. The summed E-state index contributed by atoms with van der Waals surface area (Å²) in [7, 11) is 0. The Balaban J connectivity index is 1.82. The minimum atomic E-state index is -0.103. The summed E-state index contributed by atoms with van der Waals surface area (Å²) in [5.41, 5.74) is 2.57. The first kappa shape index (κ1) is 14.0. The predicted octanol–water partition coefficient (Wildman–Crippen LogP) is 4.26. The van der Waals surface area contributed by atoms with Crippen LogP contribution in [-0.4, -0.2) is 15.7 Å². The lowest BCUT2D eigenvalue weighted by molar-refractivity contribution is 0.103. The van der Waals surface area contributed by atoms with Gasteiger partial charge in [0, 0.05) is 4.47 Å². The van der Waals surface area contributed by atoms with Gasteiger partial charge in [0.15, 0.2) is 0 Å². The Bertz CT molecular complexity index is 794. The van der Waals surface area contributed by atoms with Crippen molar-refractivity contribution in [2.45, 2.75) is 6.92 Å². The Morgan fingerprint density at radius 3 is 2.86 bits per heavy atom. The van der Waals surface area contributed by atoms with E-state index in [-0.39, 0.29) is 5.91 Å². The summed E-state index contributed by atoms with van der Waals surface area (Å²) in [6, 6.07) is 9.72. The maximum atomic E-state index is 12.2. The molecule has 0 saturated carbocycles. The molecule has 0 fully saturated rings. The summed E-state index contributed by atoms with van der Waals surface area (Å²) < 4.78 is 2.67. The standard InChI is InChI=1S/C15H12BrN3OS/c1-10-6-7-21-14(10)15(20)18-11-8-17-19(9-11)13-5-3-2-4-12(13)16/h2-9H,1H3,(H,18,20). The van der Waals surface area contributed by atoms with Gasteiger partial charge in [0.1, 0.15) is 0 Å². The molecule has 0 unspecified atom stereocenters. The first-order valence-electron chi connectivity index (χ1n) is 6.30. The van der Waals surface area contributed by atoms with Crippen LogP contribution in [0.25, 0.3) is 5.69 Å². The fourth-order valence-electron chi connectivity index (χ4n) is 1.95. The predicted molar refractivity (Wildman–Crippen MR) is 88.3 cm³/mol. The number of thiophene rings is 1. The Morgan fingerprint density at radius 2 is 2.14 bits per heavy atom. The van der Waals surface area contributed by atoms with E-state index in [1.807, 2.05) is 42.6 Å². The third kappa shape index (κ3) is 2.91. The Morgan fingerprint density at radius 1 is 1.33 bits per heavy atom. The average molecular weight is 362 g/mol. The van der Waals surface area contributed by atoms with Gasteiger partial charge in [-0.3, -0.25) is 4.79 Å². The van der Waals surface area contributed by atoms with Crippen LogP contribution in [0.5, 0.6) is 0 Å². The normalized spacial score (nSPS) is 10.6. The van der Waals surface area contributed by atoms with Gasteiger partial charge >= 0.3 is 0 Å². The number of nitrogens with one attached hydrogen (secondary N) is 1. The molecule has 2 heterocycles. The fraction of sp³-hybridized carbons (Fsp3) is 0.0667. The zero-order valence-corrected chi connectivity index (χ0v) is 13.6. The van der Waals surface area contributed by atoms with Crippen LogP contribution in [0.4, 0.5) is 5.69 Å². The van der Waals surface area contributed by atoms with Crippen LogP contribution in [0, 0.1) is 6.92 Å². The van der Waals surface area contributed by atoms with Gasteiger partial charge in [0.05, 0.1) is 28.6 Å². The highest BCUT2D eigenvalue weighted by molar-refractivity contribution is 9.10. The lowest BCUT2D eigenvalue weighted by Gasteiger charge is -2.03. The number of aromatic nitrogens is 2. The first-order chi connectivity index (χ1) is 10.1. The SMILES string of the molecule is Cc1ccsc1C(=O)Nc1cnn(-c2ccccc2Br)c1. The molecule has 106 valence electrons. The number of nitrogens with zero attached hydrogens (tertiary/aromatic N) is 2. The number of carbonyl (C=O) groups is 1. The molecule has 0 radical (unpaired) electrons. The van der Waals surface area contributed by atoms with Crippen LogP contribution in [-0.2, 0) is 0 Å². The second-order valence-electron chi connectivity index (χ2n) is 4.51. The van der Waals surface area contributed by atoms with E-state index in [1.165, 1.54) is 11.3 Å². The summed E-state index contributed by atoms with van der Waals surface area (Å²) >= 11 is 4.92. The van der Waals surface area contributed by atoms with E-state index < -0.39 is 0 Å². The minimum Gasteiger partial charge on any atom is -0.319 e. The van der Waals surface area contributed by atoms with Crippen molar-refractivity contribution < 1.29 is 4.79 Å². The fourth-order valence-corrected chi connectivity index (χ4v) is 3.24. The average Bonchev–Trinajstić information content (AvgIpc) is 3.08.